The summed E-state index contributed by atoms with van der Waals surface area (Å²) >= 11 is 1.29. The monoisotopic (exact) mass is 448 g/mol. The predicted molar refractivity (Wildman–Crippen MR) is 122 cm³/mol. The molecule has 2 aromatic carbocycles. The second-order valence-electron chi connectivity index (χ2n) is 7.06. The number of aromatic amines is 1. The molecule has 0 spiro atoms. The molecular formula is C23H20N4O4S. The third kappa shape index (κ3) is 5.06. The number of nitrogens with zero attached hydrogens (tertiary/aromatic N) is 2. The summed E-state index contributed by atoms with van der Waals surface area (Å²) in [6.07, 6.45) is -0.815. The van der Waals surface area contributed by atoms with Gasteiger partial charge in [-0.25, -0.2) is 9.97 Å². The zero-order valence-corrected chi connectivity index (χ0v) is 18.0. The molecule has 0 fully saturated rings. The van der Waals surface area contributed by atoms with Gasteiger partial charge in [0.2, 0.25) is 0 Å². The Morgan fingerprint density at radius 2 is 1.84 bits per heavy atom. The molecule has 0 aliphatic rings. The van der Waals surface area contributed by atoms with Gasteiger partial charge in [0.1, 0.15) is 5.82 Å². The topological polar surface area (TPSA) is 114 Å². The van der Waals surface area contributed by atoms with E-state index in [4.69, 9.17) is 4.74 Å². The summed E-state index contributed by atoms with van der Waals surface area (Å²) in [6, 6.07) is 16.6. The number of hydrogen-bond acceptors (Lipinski definition) is 7. The van der Waals surface area contributed by atoms with Gasteiger partial charge in [-0.15, -0.1) is 11.3 Å². The number of carbonyl (C=O) groups excluding carboxylic acids is 2. The van der Waals surface area contributed by atoms with Gasteiger partial charge in [0.25, 0.3) is 11.5 Å². The number of fused-ring (bicyclic) bond motifs is 1. The largest absolute Gasteiger partial charge is 0.453 e. The fourth-order valence-corrected chi connectivity index (χ4v) is 3.79. The van der Waals surface area contributed by atoms with E-state index < -0.39 is 18.0 Å². The van der Waals surface area contributed by atoms with E-state index in [1.54, 1.807) is 24.3 Å². The summed E-state index contributed by atoms with van der Waals surface area (Å²) in [5, 5.41) is 5.43. The number of aromatic nitrogens is 3. The summed E-state index contributed by atoms with van der Waals surface area (Å²) in [4.78, 5) is 48.1. The van der Waals surface area contributed by atoms with Gasteiger partial charge in [-0.05, 0) is 19.1 Å². The van der Waals surface area contributed by atoms with Crippen molar-refractivity contribution in [3.8, 4) is 11.3 Å². The van der Waals surface area contributed by atoms with Gasteiger partial charge in [0.15, 0.2) is 11.2 Å². The molecular weight excluding hydrogens is 428 g/mol. The molecule has 4 rings (SSSR count). The number of esters is 1. The molecule has 162 valence electrons. The van der Waals surface area contributed by atoms with E-state index in [0.29, 0.717) is 21.9 Å². The molecule has 2 heterocycles. The van der Waals surface area contributed by atoms with Crippen molar-refractivity contribution in [1.82, 2.24) is 15.0 Å². The number of aryl methyl sites for hydroxylation is 1. The van der Waals surface area contributed by atoms with Crippen molar-refractivity contribution in [3.63, 3.8) is 0 Å². The average molecular weight is 449 g/mol. The SMILES string of the molecule is CC(OC(=O)CCc1nc2ccccc2c(=O)[nH]1)C(=O)Nc1nc(-c2ccccc2)cs1. The summed E-state index contributed by atoms with van der Waals surface area (Å²) in [5.74, 6) is -0.642. The molecule has 9 heteroatoms. The first-order valence-corrected chi connectivity index (χ1v) is 10.9. The fraction of sp³-hybridized carbons (Fsp3) is 0.174. The number of anilines is 1. The van der Waals surface area contributed by atoms with Crippen LogP contribution in [0.2, 0.25) is 0 Å². The van der Waals surface area contributed by atoms with Gasteiger partial charge < -0.3 is 9.72 Å². The van der Waals surface area contributed by atoms with Crippen molar-refractivity contribution < 1.29 is 14.3 Å². The standard InChI is InChI=1S/C23H20N4O4S/c1-14(21(29)27-23-25-18(13-32-23)15-7-3-2-4-8-15)31-20(28)12-11-19-24-17-10-6-5-9-16(17)22(30)26-19/h2-10,13-14H,11-12H2,1H3,(H,24,26,30)(H,25,27,29). The Bertz CT molecular complexity index is 1320. The van der Waals surface area contributed by atoms with Gasteiger partial charge in [-0.3, -0.25) is 19.7 Å². The maximum atomic E-state index is 12.4. The zero-order valence-electron chi connectivity index (χ0n) is 17.2. The number of nitrogens with one attached hydrogen (secondary N) is 2. The Labute approximate surface area is 187 Å². The van der Waals surface area contributed by atoms with E-state index in [9.17, 15) is 14.4 Å². The van der Waals surface area contributed by atoms with Crippen molar-refractivity contribution in [3.05, 3.63) is 76.2 Å². The lowest BCUT2D eigenvalue weighted by Gasteiger charge is -2.12. The first-order valence-electron chi connectivity index (χ1n) is 9.99. The van der Waals surface area contributed by atoms with E-state index in [1.807, 2.05) is 35.7 Å². The van der Waals surface area contributed by atoms with Gasteiger partial charge in [0, 0.05) is 17.4 Å². The number of para-hydroxylation sites is 1. The van der Waals surface area contributed by atoms with Crippen LogP contribution < -0.4 is 10.9 Å². The molecule has 4 aromatic rings. The third-order valence-corrected chi connectivity index (χ3v) is 5.47. The minimum atomic E-state index is -0.991. The van der Waals surface area contributed by atoms with Crippen LogP contribution >= 0.6 is 11.3 Å². The van der Waals surface area contributed by atoms with E-state index in [0.717, 1.165) is 11.3 Å². The van der Waals surface area contributed by atoms with Gasteiger partial charge >= 0.3 is 5.97 Å². The molecule has 0 aliphatic carbocycles. The minimum Gasteiger partial charge on any atom is -0.453 e. The molecule has 0 saturated carbocycles. The van der Waals surface area contributed by atoms with Gasteiger partial charge in [-0.2, -0.15) is 0 Å². The second kappa shape index (κ2) is 9.52. The lowest BCUT2D eigenvalue weighted by molar-refractivity contribution is -0.153. The molecule has 1 unspecified atom stereocenters. The normalized spacial score (nSPS) is 11.8. The van der Waals surface area contributed by atoms with Crippen LogP contribution in [-0.4, -0.2) is 32.9 Å². The number of thiazole rings is 1. The lowest BCUT2D eigenvalue weighted by Crippen LogP contribution is -2.30. The van der Waals surface area contributed by atoms with Crippen molar-refractivity contribution >= 4 is 39.2 Å². The van der Waals surface area contributed by atoms with Crippen molar-refractivity contribution in [2.75, 3.05) is 5.32 Å². The van der Waals surface area contributed by atoms with Crippen molar-refractivity contribution in [2.24, 2.45) is 0 Å². The number of carbonyl (C=O) groups is 2. The molecule has 1 atom stereocenters. The zero-order chi connectivity index (χ0) is 22.5. The maximum Gasteiger partial charge on any atom is 0.307 e. The van der Waals surface area contributed by atoms with E-state index in [-0.39, 0.29) is 18.4 Å². The molecule has 0 saturated heterocycles. The van der Waals surface area contributed by atoms with Crippen LogP contribution in [0, 0.1) is 0 Å². The van der Waals surface area contributed by atoms with Gasteiger partial charge in [0.05, 0.1) is 23.0 Å². The number of H-pyrrole nitrogens is 1. The summed E-state index contributed by atoms with van der Waals surface area (Å²) in [6.45, 7) is 1.50. The smallest absolute Gasteiger partial charge is 0.307 e. The van der Waals surface area contributed by atoms with Crippen LogP contribution in [0.4, 0.5) is 5.13 Å². The highest BCUT2D eigenvalue weighted by atomic mass is 32.1. The average Bonchev–Trinajstić information content (AvgIpc) is 3.27. The Morgan fingerprint density at radius 1 is 1.09 bits per heavy atom. The van der Waals surface area contributed by atoms with Gasteiger partial charge in [-0.1, -0.05) is 42.5 Å². The number of benzene rings is 2. The molecule has 2 aromatic heterocycles. The van der Waals surface area contributed by atoms with Crippen LogP contribution in [0.15, 0.2) is 64.8 Å². The molecule has 1 amide bonds. The number of ether oxygens (including phenoxy) is 1. The predicted octanol–water partition coefficient (Wildman–Crippen LogP) is 3.55. The molecule has 32 heavy (non-hydrogen) atoms. The highest BCUT2D eigenvalue weighted by Gasteiger charge is 2.19. The van der Waals surface area contributed by atoms with E-state index >= 15 is 0 Å². The number of hydrogen-bond donors (Lipinski definition) is 2. The highest BCUT2D eigenvalue weighted by Crippen LogP contribution is 2.24. The van der Waals surface area contributed by atoms with Crippen molar-refractivity contribution in [2.45, 2.75) is 25.9 Å². The van der Waals surface area contributed by atoms with E-state index in [2.05, 4.69) is 20.3 Å². The van der Waals surface area contributed by atoms with Crippen LogP contribution in [0.25, 0.3) is 22.2 Å². The molecule has 2 N–H and O–H groups in total. The Hall–Kier alpha value is -3.85. The minimum absolute atomic E-state index is 0.0195. The van der Waals surface area contributed by atoms with Crippen LogP contribution in [0.3, 0.4) is 0 Å². The quantitative estimate of drug-likeness (QED) is 0.418. The Kier molecular flexibility index (Phi) is 6.37. The van der Waals surface area contributed by atoms with Crippen molar-refractivity contribution in [1.29, 1.82) is 0 Å². The van der Waals surface area contributed by atoms with Crippen LogP contribution in [0.1, 0.15) is 19.2 Å². The molecule has 0 radical (unpaired) electrons. The third-order valence-electron chi connectivity index (χ3n) is 4.71. The molecule has 8 nitrogen and oxygen atoms in total. The number of rotatable bonds is 7. The summed E-state index contributed by atoms with van der Waals surface area (Å²) < 4.78 is 5.22. The second-order valence-corrected chi connectivity index (χ2v) is 7.91. The van der Waals surface area contributed by atoms with E-state index in [1.165, 1.54) is 18.3 Å². The molecule has 0 bridgehead atoms. The fourth-order valence-electron chi connectivity index (χ4n) is 3.06. The molecule has 0 aliphatic heterocycles. The van der Waals surface area contributed by atoms with Crippen LogP contribution in [0.5, 0.6) is 0 Å². The Morgan fingerprint density at radius 3 is 2.66 bits per heavy atom. The Balaban J connectivity index is 1.30. The first-order chi connectivity index (χ1) is 15.5. The first kappa shape index (κ1) is 21.4. The van der Waals surface area contributed by atoms with Crippen LogP contribution in [-0.2, 0) is 20.7 Å². The summed E-state index contributed by atoms with van der Waals surface area (Å²) in [5.41, 5.74) is 2.01. The highest BCUT2D eigenvalue weighted by molar-refractivity contribution is 7.14. The number of amides is 1. The maximum absolute atomic E-state index is 12.4. The lowest BCUT2D eigenvalue weighted by atomic mass is 10.2. The summed E-state index contributed by atoms with van der Waals surface area (Å²) in [7, 11) is 0.